The fourth-order valence-electron chi connectivity index (χ4n) is 1.21. The number of halogens is 2. The molecule has 70 valence electrons. The maximum Gasteiger partial charge on any atom is 0.126 e. The lowest BCUT2D eigenvalue weighted by molar-refractivity contribution is 0.624. The van der Waals surface area contributed by atoms with E-state index in [1.165, 1.54) is 30.5 Å². The molecule has 0 aliphatic rings. The molecular formula is C11H7F2N. The van der Waals surface area contributed by atoms with Crippen LogP contribution in [0.1, 0.15) is 0 Å². The molecule has 0 aliphatic heterocycles. The number of aromatic nitrogens is 1. The van der Waals surface area contributed by atoms with Gasteiger partial charge in [0.05, 0.1) is 5.69 Å². The summed E-state index contributed by atoms with van der Waals surface area (Å²) in [6, 6.07) is 8.43. The molecule has 1 nitrogen and oxygen atoms in total. The van der Waals surface area contributed by atoms with Crippen LogP contribution in [0.5, 0.6) is 0 Å². The first-order valence-electron chi connectivity index (χ1n) is 4.13. The average molecular weight is 191 g/mol. The third kappa shape index (κ3) is 1.76. The van der Waals surface area contributed by atoms with Crippen molar-refractivity contribution in [2.75, 3.05) is 0 Å². The number of pyridine rings is 1. The fourth-order valence-corrected chi connectivity index (χ4v) is 1.21. The molecule has 0 fully saturated rings. The van der Waals surface area contributed by atoms with E-state index in [1.807, 2.05) is 0 Å². The number of rotatable bonds is 1. The van der Waals surface area contributed by atoms with Crippen LogP contribution in [-0.4, -0.2) is 4.98 Å². The summed E-state index contributed by atoms with van der Waals surface area (Å²) in [4.78, 5) is 3.94. The van der Waals surface area contributed by atoms with Crippen LogP contribution in [0.2, 0.25) is 0 Å². The maximum absolute atomic E-state index is 12.8. The van der Waals surface area contributed by atoms with Crippen molar-refractivity contribution in [3.05, 3.63) is 54.2 Å². The maximum atomic E-state index is 12.8. The molecule has 0 saturated heterocycles. The number of benzene rings is 1. The Bertz CT molecular complexity index is 411. The Hall–Kier alpha value is -1.77. The van der Waals surface area contributed by atoms with E-state index in [4.69, 9.17) is 0 Å². The van der Waals surface area contributed by atoms with Gasteiger partial charge in [-0.05, 0) is 18.2 Å². The summed E-state index contributed by atoms with van der Waals surface area (Å²) >= 11 is 0. The lowest BCUT2D eigenvalue weighted by atomic mass is 10.1. The summed E-state index contributed by atoms with van der Waals surface area (Å²) in [5.74, 6) is -0.729. The van der Waals surface area contributed by atoms with Gasteiger partial charge in [-0.1, -0.05) is 12.1 Å². The van der Waals surface area contributed by atoms with E-state index < -0.39 is 0 Å². The second kappa shape index (κ2) is 3.54. The van der Waals surface area contributed by atoms with Crippen LogP contribution in [0, 0.1) is 11.6 Å². The highest BCUT2D eigenvalue weighted by Crippen LogP contribution is 2.17. The highest BCUT2D eigenvalue weighted by atomic mass is 19.1. The zero-order valence-corrected chi connectivity index (χ0v) is 7.24. The van der Waals surface area contributed by atoms with Gasteiger partial charge in [0.15, 0.2) is 0 Å². The molecule has 2 rings (SSSR count). The first-order valence-corrected chi connectivity index (χ1v) is 4.13. The number of nitrogens with zero attached hydrogens (tertiary/aromatic N) is 1. The van der Waals surface area contributed by atoms with Gasteiger partial charge in [0.1, 0.15) is 11.6 Å². The van der Waals surface area contributed by atoms with E-state index in [0.717, 1.165) is 0 Å². The number of hydrogen-bond acceptors (Lipinski definition) is 1. The summed E-state index contributed by atoms with van der Waals surface area (Å²) in [6.45, 7) is 0. The van der Waals surface area contributed by atoms with Gasteiger partial charge in [-0.3, -0.25) is 4.98 Å². The van der Waals surface area contributed by atoms with Crippen LogP contribution in [-0.2, 0) is 0 Å². The summed E-state index contributed by atoms with van der Waals surface area (Å²) in [5, 5.41) is 0. The molecule has 14 heavy (non-hydrogen) atoms. The fraction of sp³-hybridized carbons (Fsp3) is 0. The first-order chi connectivity index (χ1) is 6.75. The minimum Gasteiger partial charge on any atom is -0.256 e. The zero-order chi connectivity index (χ0) is 9.97. The largest absolute Gasteiger partial charge is 0.256 e. The minimum absolute atomic E-state index is 0.353. The monoisotopic (exact) mass is 191 g/mol. The second-order valence-electron chi connectivity index (χ2n) is 2.87. The molecule has 1 aromatic heterocycles. The Morgan fingerprint density at radius 1 is 0.929 bits per heavy atom. The molecule has 0 bridgehead atoms. The molecule has 0 saturated carbocycles. The van der Waals surface area contributed by atoms with Crippen molar-refractivity contribution in [3.63, 3.8) is 0 Å². The quantitative estimate of drug-likeness (QED) is 0.675. The SMILES string of the molecule is Fc1cccc(-c2cc(F)ccn2)c1. The van der Waals surface area contributed by atoms with Crippen molar-refractivity contribution in [1.82, 2.24) is 4.98 Å². The van der Waals surface area contributed by atoms with Crippen LogP contribution in [0.15, 0.2) is 42.6 Å². The Balaban J connectivity index is 2.49. The highest BCUT2D eigenvalue weighted by molar-refractivity contribution is 5.58. The summed E-state index contributed by atoms with van der Waals surface area (Å²) < 4.78 is 25.7. The summed E-state index contributed by atoms with van der Waals surface area (Å²) in [5.41, 5.74) is 1.01. The van der Waals surface area contributed by atoms with E-state index in [1.54, 1.807) is 12.1 Å². The van der Waals surface area contributed by atoms with Gasteiger partial charge in [0.2, 0.25) is 0 Å². The van der Waals surface area contributed by atoms with Gasteiger partial charge in [0, 0.05) is 17.8 Å². The summed E-state index contributed by atoms with van der Waals surface area (Å²) in [6.07, 6.45) is 1.36. The van der Waals surface area contributed by atoms with Crippen molar-refractivity contribution in [2.24, 2.45) is 0 Å². The molecule has 0 aliphatic carbocycles. The van der Waals surface area contributed by atoms with E-state index in [9.17, 15) is 8.78 Å². The predicted octanol–water partition coefficient (Wildman–Crippen LogP) is 3.03. The highest BCUT2D eigenvalue weighted by Gasteiger charge is 2.01. The normalized spacial score (nSPS) is 10.1. The van der Waals surface area contributed by atoms with Gasteiger partial charge in [-0.15, -0.1) is 0 Å². The van der Waals surface area contributed by atoms with Crippen molar-refractivity contribution < 1.29 is 8.78 Å². The van der Waals surface area contributed by atoms with Gasteiger partial charge < -0.3 is 0 Å². The Labute approximate surface area is 80.0 Å². The molecule has 2 aromatic rings. The summed E-state index contributed by atoms with van der Waals surface area (Å²) in [7, 11) is 0. The lowest BCUT2D eigenvalue weighted by Gasteiger charge is -1.99. The smallest absolute Gasteiger partial charge is 0.126 e. The lowest BCUT2D eigenvalue weighted by Crippen LogP contribution is -1.85. The van der Waals surface area contributed by atoms with Crippen LogP contribution in [0.3, 0.4) is 0 Å². The first kappa shape index (κ1) is 8.81. The number of hydrogen-bond donors (Lipinski definition) is 0. The topological polar surface area (TPSA) is 12.9 Å². The van der Waals surface area contributed by atoms with Gasteiger partial charge in [0.25, 0.3) is 0 Å². The van der Waals surface area contributed by atoms with Crippen LogP contribution < -0.4 is 0 Å². The van der Waals surface area contributed by atoms with E-state index in [0.29, 0.717) is 11.3 Å². The average Bonchev–Trinajstić information content (AvgIpc) is 2.18. The molecular weight excluding hydrogens is 184 g/mol. The van der Waals surface area contributed by atoms with Crippen LogP contribution in [0.25, 0.3) is 11.3 Å². The third-order valence-electron chi connectivity index (χ3n) is 1.84. The predicted molar refractivity (Wildman–Crippen MR) is 49.6 cm³/mol. The van der Waals surface area contributed by atoms with Crippen LogP contribution >= 0.6 is 0 Å². The van der Waals surface area contributed by atoms with Crippen molar-refractivity contribution in [2.45, 2.75) is 0 Å². The van der Waals surface area contributed by atoms with Crippen molar-refractivity contribution >= 4 is 0 Å². The molecule has 0 unspecified atom stereocenters. The molecule has 0 spiro atoms. The molecule has 0 amide bonds. The Morgan fingerprint density at radius 2 is 1.71 bits per heavy atom. The van der Waals surface area contributed by atoms with E-state index in [2.05, 4.69) is 4.98 Å². The molecule has 1 heterocycles. The molecule has 0 N–H and O–H groups in total. The molecule has 0 radical (unpaired) electrons. The Kier molecular flexibility index (Phi) is 2.23. The van der Waals surface area contributed by atoms with Crippen molar-refractivity contribution in [1.29, 1.82) is 0 Å². The Morgan fingerprint density at radius 3 is 2.43 bits per heavy atom. The molecule has 3 heteroatoms. The zero-order valence-electron chi connectivity index (χ0n) is 7.24. The van der Waals surface area contributed by atoms with Gasteiger partial charge in [-0.2, -0.15) is 0 Å². The van der Waals surface area contributed by atoms with Gasteiger partial charge >= 0.3 is 0 Å². The standard InChI is InChI=1S/C11H7F2N/c12-9-3-1-2-8(6-9)11-7-10(13)4-5-14-11/h1-7H. The van der Waals surface area contributed by atoms with Crippen LogP contribution in [0.4, 0.5) is 8.78 Å². The molecule has 1 aromatic carbocycles. The minimum atomic E-state index is -0.376. The molecule has 0 atom stereocenters. The second-order valence-corrected chi connectivity index (χ2v) is 2.87. The third-order valence-corrected chi connectivity index (χ3v) is 1.84. The van der Waals surface area contributed by atoms with E-state index >= 15 is 0 Å². The van der Waals surface area contributed by atoms with E-state index in [-0.39, 0.29) is 11.6 Å². The van der Waals surface area contributed by atoms with Gasteiger partial charge in [-0.25, -0.2) is 8.78 Å². The van der Waals surface area contributed by atoms with Crippen molar-refractivity contribution in [3.8, 4) is 11.3 Å².